The SMILES string of the molecule is Nc1nc2cc(Br)cc(C(=O)O)n2n1. The van der Waals surface area contributed by atoms with Crippen LogP contribution in [0, 0.1) is 0 Å². The number of hydrogen-bond donors (Lipinski definition) is 2. The summed E-state index contributed by atoms with van der Waals surface area (Å²) in [6.45, 7) is 0. The molecule has 0 aliphatic carbocycles. The fourth-order valence-corrected chi connectivity index (χ4v) is 1.54. The van der Waals surface area contributed by atoms with Crippen molar-refractivity contribution >= 4 is 33.5 Å². The Balaban J connectivity index is 2.85. The van der Waals surface area contributed by atoms with Gasteiger partial charge in [0.15, 0.2) is 11.3 Å². The number of carboxylic acid groups (broad SMARTS) is 1. The topological polar surface area (TPSA) is 93.5 Å². The van der Waals surface area contributed by atoms with E-state index in [2.05, 4.69) is 26.0 Å². The van der Waals surface area contributed by atoms with Gasteiger partial charge in [-0.05, 0) is 12.1 Å². The highest BCUT2D eigenvalue weighted by Crippen LogP contribution is 2.16. The number of aromatic carboxylic acids is 1. The first-order valence-corrected chi connectivity index (χ1v) is 4.42. The van der Waals surface area contributed by atoms with Gasteiger partial charge in [0, 0.05) is 4.47 Å². The van der Waals surface area contributed by atoms with Crippen LogP contribution in [0.3, 0.4) is 0 Å². The Hall–Kier alpha value is -1.63. The van der Waals surface area contributed by atoms with Crippen LogP contribution in [0.2, 0.25) is 0 Å². The first kappa shape index (κ1) is 8.95. The van der Waals surface area contributed by atoms with E-state index in [9.17, 15) is 4.79 Å². The fourth-order valence-electron chi connectivity index (χ4n) is 1.12. The van der Waals surface area contributed by atoms with E-state index in [4.69, 9.17) is 10.8 Å². The van der Waals surface area contributed by atoms with Gasteiger partial charge in [0.05, 0.1) is 0 Å². The lowest BCUT2D eigenvalue weighted by Crippen LogP contribution is -2.06. The van der Waals surface area contributed by atoms with Gasteiger partial charge in [-0.25, -0.2) is 9.31 Å². The lowest BCUT2D eigenvalue weighted by atomic mass is 10.3. The molecule has 0 aliphatic heterocycles. The number of fused-ring (bicyclic) bond motifs is 1. The number of pyridine rings is 1. The second kappa shape index (κ2) is 2.95. The van der Waals surface area contributed by atoms with Crippen LogP contribution >= 0.6 is 15.9 Å². The number of anilines is 1. The van der Waals surface area contributed by atoms with Crippen LogP contribution in [0.1, 0.15) is 10.5 Å². The molecule has 0 aliphatic rings. The van der Waals surface area contributed by atoms with Gasteiger partial charge in [0.1, 0.15) is 0 Å². The average Bonchev–Trinajstić information content (AvgIpc) is 2.42. The molecule has 0 amide bonds. The zero-order chi connectivity index (χ0) is 10.3. The summed E-state index contributed by atoms with van der Waals surface area (Å²) < 4.78 is 1.80. The van der Waals surface area contributed by atoms with Crippen LogP contribution in [0.5, 0.6) is 0 Å². The van der Waals surface area contributed by atoms with Crippen molar-refractivity contribution in [3.05, 3.63) is 22.3 Å². The molecule has 2 aromatic rings. The molecule has 0 saturated heterocycles. The van der Waals surface area contributed by atoms with E-state index in [-0.39, 0.29) is 11.6 Å². The molecule has 14 heavy (non-hydrogen) atoms. The monoisotopic (exact) mass is 256 g/mol. The van der Waals surface area contributed by atoms with E-state index in [1.165, 1.54) is 10.6 Å². The van der Waals surface area contributed by atoms with Crippen LogP contribution < -0.4 is 5.73 Å². The van der Waals surface area contributed by atoms with E-state index >= 15 is 0 Å². The van der Waals surface area contributed by atoms with Crippen molar-refractivity contribution in [1.29, 1.82) is 0 Å². The minimum Gasteiger partial charge on any atom is -0.477 e. The Morgan fingerprint density at radius 3 is 2.93 bits per heavy atom. The zero-order valence-corrected chi connectivity index (χ0v) is 8.39. The standard InChI is InChI=1S/C7H5BrN4O2/c8-3-1-4(6(13)14)12-5(2-3)10-7(9)11-12/h1-2H,(H2,9,11)(H,13,14). The van der Waals surface area contributed by atoms with Crippen molar-refractivity contribution in [3.8, 4) is 0 Å². The van der Waals surface area contributed by atoms with Gasteiger partial charge in [-0.2, -0.15) is 4.98 Å². The summed E-state index contributed by atoms with van der Waals surface area (Å²) in [5, 5.41) is 12.6. The van der Waals surface area contributed by atoms with E-state index in [0.717, 1.165) is 0 Å². The number of halogens is 1. The second-order valence-corrected chi connectivity index (χ2v) is 3.52. The Morgan fingerprint density at radius 2 is 2.29 bits per heavy atom. The molecule has 72 valence electrons. The summed E-state index contributed by atoms with van der Waals surface area (Å²) in [4.78, 5) is 14.7. The largest absolute Gasteiger partial charge is 0.477 e. The molecule has 2 aromatic heterocycles. The molecule has 0 atom stereocenters. The average molecular weight is 257 g/mol. The third-order valence-corrected chi connectivity index (χ3v) is 2.10. The van der Waals surface area contributed by atoms with Crippen LogP contribution in [-0.2, 0) is 0 Å². The molecule has 0 radical (unpaired) electrons. The number of carboxylic acids is 1. The summed E-state index contributed by atoms with van der Waals surface area (Å²) in [5.41, 5.74) is 5.77. The molecule has 2 rings (SSSR count). The summed E-state index contributed by atoms with van der Waals surface area (Å²) >= 11 is 3.18. The molecule has 6 nitrogen and oxygen atoms in total. The van der Waals surface area contributed by atoms with Gasteiger partial charge in [-0.1, -0.05) is 15.9 Å². The van der Waals surface area contributed by atoms with Crippen molar-refractivity contribution in [2.45, 2.75) is 0 Å². The number of carbonyl (C=O) groups is 1. The van der Waals surface area contributed by atoms with Crippen LogP contribution in [0.4, 0.5) is 5.95 Å². The van der Waals surface area contributed by atoms with Crippen molar-refractivity contribution in [2.24, 2.45) is 0 Å². The number of hydrogen-bond acceptors (Lipinski definition) is 4. The van der Waals surface area contributed by atoms with Gasteiger partial charge < -0.3 is 10.8 Å². The maximum atomic E-state index is 10.8. The second-order valence-electron chi connectivity index (χ2n) is 2.60. The smallest absolute Gasteiger partial charge is 0.354 e. The van der Waals surface area contributed by atoms with E-state index in [0.29, 0.717) is 10.1 Å². The van der Waals surface area contributed by atoms with Crippen molar-refractivity contribution < 1.29 is 9.90 Å². The third-order valence-electron chi connectivity index (χ3n) is 1.64. The molecular formula is C7H5BrN4O2. The summed E-state index contributed by atoms with van der Waals surface area (Å²) in [6, 6.07) is 3.07. The van der Waals surface area contributed by atoms with Crippen LogP contribution in [-0.4, -0.2) is 25.7 Å². The minimum atomic E-state index is -1.08. The Labute approximate surface area is 86.5 Å². The maximum Gasteiger partial charge on any atom is 0.354 e. The molecule has 2 heterocycles. The predicted octanol–water partition coefficient (Wildman–Crippen LogP) is 0.772. The van der Waals surface area contributed by atoms with Gasteiger partial charge in [0.25, 0.3) is 0 Å². The lowest BCUT2D eigenvalue weighted by Gasteiger charge is -1.98. The maximum absolute atomic E-state index is 10.8. The summed E-state index contributed by atoms with van der Waals surface area (Å²) in [6.07, 6.45) is 0. The third kappa shape index (κ3) is 1.31. The summed E-state index contributed by atoms with van der Waals surface area (Å²) in [5.74, 6) is -1.04. The van der Waals surface area contributed by atoms with E-state index in [1.54, 1.807) is 6.07 Å². The molecule has 0 saturated carbocycles. The Kier molecular flexibility index (Phi) is 1.88. The van der Waals surface area contributed by atoms with E-state index in [1.807, 2.05) is 0 Å². The summed E-state index contributed by atoms with van der Waals surface area (Å²) in [7, 11) is 0. The van der Waals surface area contributed by atoms with Crippen LogP contribution in [0.25, 0.3) is 5.65 Å². The minimum absolute atomic E-state index is 0.0126. The first-order chi connectivity index (χ1) is 6.58. The molecule has 7 heteroatoms. The lowest BCUT2D eigenvalue weighted by molar-refractivity contribution is 0.0687. The highest BCUT2D eigenvalue weighted by Gasteiger charge is 2.12. The predicted molar refractivity (Wildman–Crippen MR) is 52.1 cm³/mol. The highest BCUT2D eigenvalue weighted by atomic mass is 79.9. The molecule has 0 spiro atoms. The highest BCUT2D eigenvalue weighted by molar-refractivity contribution is 9.10. The number of rotatable bonds is 1. The molecule has 0 aromatic carbocycles. The number of nitrogen functional groups attached to an aromatic ring is 1. The van der Waals surface area contributed by atoms with Gasteiger partial charge >= 0.3 is 5.97 Å². The Bertz CT molecular complexity index is 522. The number of aromatic nitrogens is 3. The Morgan fingerprint density at radius 1 is 1.57 bits per heavy atom. The molecule has 0 fully saturated rings. The molecule has 0 bridgehead atoms. The normalized spacial score (nSPS) is 10.6. The van der Waals surface area contributed by atoms with Crippen molar-refractivity contribution in [1.82, 2.24) is 14.6 Å². The molecule has 0 unspecified atom stereocenters. The number of nitrogens with two attached hydrogens (primary N) is 1. The van der Waals surface area contributed by atoms with Crippen LogP contribution in [0.15, 0.2) is 16.6 Å². The van der Waals surface area contributed by atoms with Gasteiger partial charge in [0.2, 0.25) is 5.95 Å². The first-order valence-electron chi connectivity index (χ1n) is 3.63. The molecule has 3 N–H and O–H groups in total. The zero-order valence-electron chi connectivity index (χ0n) is 6.81. The molecular weight excluding hydrogens is 252 g/mol. The van der Waals surface area contributed by atoms with Gasteiger partial charge in [-0.3, -0.25) is 0 Å². The quantitative estimate of drug-likeness (QED) is 0.786. The fraction of sp³-hybridized carbons (Fsp3) is 0. The number of nitrogens with zero attached hydrogens (tertiary/aromatic N) is 3. The van der Waals surface area contributed by atoms with Gasteiger partial charge in [-0.15, -0.1) is 5.10 Å². The van der Waals surface area contributed by atoms with Crippen molar-refractivity contribution in [2.75, 3.05) is 5.73 Å². The van der Waals surface area contributed by atoms with E-state index < -0.39 is 5.97 Å². The van der Waals surface area contributed by atoms with Crippen molar-refractivity contribution in [3.63, 3.8) is 0 Å².